The predicted molar refractivity (Wildman–Crippen MR) is 82.9 cm³/mol. The van der Waals surface area contributed by atoms with Crippen molar-refractivity contribution >= 4 is 5.97 Å². The monoisotopic (exact) mass is 355 g/mol. The zero-order valence-electron chi connectivity index (χ0n) is 13.1. The first-order chi connectivity index (χ1) is 11.9. The summed E-state index contributed by atoms with van der Waals surface area (Å²) in [5.74, 6) is -2.44. The summed E-state index contributed by atoms with van der Waals surface area (Å²) < 4.78 is 39.4. The SMILES string of the molecule is O=C(On1c(-c2ccccc2)cn(C2CCNCC2)c1=O)C(F)(F)F. The van der Waals surface area contributed by atoms with Crippen molar-refractivity contribution in [3.8, 4) is 11.3 Å². The second kappa shape index (κ2) is 6.75. The van der Waals surface area contributed by atoms with Crippen molar-refractivity contribution in [3.05, 3.63) is 47.0 Å². The Bertz CT molecular complexity index is 806. The van der Waals surface area contributed by atoms with Crippen LogP contribution in [0.4, 0.5) is 13.2 Å². The molecule has 0 atom stereocenters. The average molecular weight is 355 g/mol. The summed E-state index contributed by atoms with van der Waals surface area (Å²) in [7, 11) is 0. The molecule has 1 aromatic heterocycles. The molecule has 0 radical (unpaired) electrons. The summed E-state index contributed by atoms with van der Waals surface area (Å²) in [6.07, 6.45) is -2.43. The van der Waals surface area contributed by atoms with Crippen molar-refractivity contribution in [1.82, 2.24) is 14.6 Å². The van der Waals surface area contributed by atoms with E-state index in [1.54, 1.807) is 30.3 Å². The normalized spacial score (nSPS) is 16.0. The molecule has 1 aliphatic heterocycles. The maximum atomic E-state index is 12.6. The van der Waals surface area contributed by atoms with Gasteiger partial charge >= 0.3 is 17.8 Å². The van der Waals surface area contributed by atoms with Crippen LogP contribution in [0.15, 0.2) is 41.3 Å². The third-order valence-electron chi connectivity index (χ3n) is 4.05. The lowest BCUT2D eigenvalue weighted by Gasteiger charge is -2.22. The molecule has 3 rings (SSSR count). The molecular formula is C16H16F3N3O3. The van der Waals surface area contributed by atoms with Gasteiger partial charge in [-0.1, -0.05) is 30.3 Å². The van der Waals surface area contributed by atoms with E-state index in [0.29, 0.717) is 36.2 Å². The molecule has 0 bridgehead atoms. The van der Waals surface area contributed by atoms with Gasteiger partial charge in [-0.15, -0.1) is 4.73 Å². The number of aromatic nitrogens is 2. The first kappa shape index (κ1) is 17.3. The van der Waals surface area contributed by atoms with Gasteiger partial charge in [0.25, 0.3) is 0 Å². The molecule has 1 saturated heterocycles. The maximum Gasteiger partial charge on any atom is 0.493 e. The molecule has 1 fully saturated rings. The molecule has 2 aromatic rings. The van der Waals surface area contributed by atoms with Crippen LogP contribution in [0, 0.1) is 0 Å². The Hall–Kier alpha value is -2.55. The van der Waals surface area contributed by atoms with Crippen LogP contribution in [0.25, 0.3) is 11.3 Å². The summed E-state index contributed by atoms with van der Waals surface area (Å²) in [6, 6.07) is 8.17. The van der Waals surface area contributed by atoms with Gasteiger partial charge < -0.3 is 10.2 Å². The number of carbonyl (C=O) groups excluding carboxylic acids is 1. The number of benzene rings is 1. The number of imidazole rings is 1. The van der Waals surface area contributed by atoms with Gasteiger partial charge in [0, 0.05) is 17.8 Å². The number of alkyl halides is 3. The van der Waals surface area contributed by atoms with Gasteiger partial charge in [0.05, 0.1) is 0 Å². The smallest absolute Gasteiger partial charge is 0.323 e. The predicted octanol–water partition coefficient (Wildman–Crippen LogP) is 1.76. The summed E-state index contributed by atoms with van der Waals surface area (Å²) in [5.41, 5.74) is -0.229. The first-order valence-electron chi connectivity index (χ1n) is 7.77. The number of halogens is 3. The van der Waals surface area contributed by atoms with E-state index < -0.39 is 17.8 Å². The maximum absolute atomic E-state index is 12.6. The minimum Gasteiger partial charge on any atom is -0.323 e. The highest BCUT2D eigenvalue weighted by atomic mass is 19.4. The van der Waals surface area contributed by atoms with Crippen LogP contribution in [0.3, 0.4) is 0 Å². The molecule has 134 valence electrons. The van der Waals surface area contributed by atoms with Crippen LogP contribution >= 0.6 is 0 Å². The van der Waals surface area contributed by atoms with Gasteiger partial charge in [-0.3, -0.25) is 4.57 Å². The van der Waals surface area contributed by atoms with Crippen molar-refractivity contribution in [3.63, 3.8) is 0 Å². The molecule has 1 aromatic carbocycles. The number of carbonyl (C=O) groups is 1. The van der Waals surface area contributed by atoms with Gasteiger partial charge in [-0.05, 0) is 25.9 Å². The molecule has 0 amide bonds. The van der Waals surface area contributed by atoms with Crippen molar-refractivity contribution < 1.29 is 22.8 Å². The Balaban J connectivity index is 2.05. The summed E-state index contributed by atoms with van der Waals surface area (Å²) >= 11 is 0. The second-order valence-corrected chi connectivity index (χ2v) is 5.72. The molecule has 0 unspecified atom stereocenters. The van der Waals surface area contributed by atoms with Gasteiger partial charge in [-0.25, -0.2) is 9.59 Å². The molecule has 0 aliphatic carbocycles. The van der Waals surface area contributed by atoms with Crippen LogP contribution in [-0.2, 0) is 4.79 Å². The van der Waals surface area contributed by atoms with Crippen molar-refractivity contribution in [2.75, 3.05) is 13.1 Å². The lowest BCUT2D eigenvalue weighted by molar-refractivity contribution is -0.200. The van der Waals surface area contributed by atoms with E-state index in [1.165, 1.54) is 10.8 Å². The molecule has 0 saturated carbocycles. The molecule has 6 nitrogen and oxygen atoms in total. The largest absolute Gasteiger partial charge is 0.493 e. The Labute approximate surface area is 140 Å². The number of hydrogen-bond donors (Lipinski definition) is 1. The minimum absolute atomic E-state index is 0.0988. The van der Waals surface area contributed by atoms with Crippen molar-refractivity contribution in [2.45, 2.75) is 25.1 Å². The van der Waals surface area contributed by atoms with Crippen LogP contribution in [0.2, 0.25) is 0 Å². The Morgan fingerprint density at radius 1 is 1.16 bits per heavy atom. The second-order valence-electron chi connectivity index (χ2n) is 5.72. The summed E-state index contributed by atoms with van der Waals surface area (Å²) in [5, 5.41) is 3.15. The number of piperidine rings is 1. The third kappa shape index (κ3) is 3.60. The molecule has 1 aliphatic rings. The number of nitrogens with zero attached hydrogens (tertiary/aromatic N) is 2. The van der Waals surface area contributed by atoms with E-state index in [0.717, 1.165) is 0 Å². The van der Waals surface area contributed by atoms with E-state index in [2.05, 4.69) is 10.2 Å². The summed E-state index contributed by atoms with van der Waals surface area (Å²) in [6.45, 7) is 1.40. The zero-order valence-corrected chi connectivity index (χ0v) is 13.1. The van der Waals surface area contributed by atoms with Gasteiger partial charge in [0.2, 0.25) is 0 Å². The molecular weight excluding hydrogens is 339 g/mol. The Morgan fingerprint density at radius 3 is 2.40 bits per heavy atom. The first-order valence-corrected chi connectivity index (χ1v) is 7.77. The molecule has 0 spiro atoms. The number of nitrogens with one attached hydrogen (secondary N) is 1. The minimum atomic E-state index is -5.19. The summed E-state index contributed by atoms with van der Waals surface area (Å²) in [4.78, 5) is 28.2. The van der Waals surface area contributed by atoms with E-state index in [4.69, 9.17) is 0 Å². The molecule has 9 heteroatoms. The van der Waals surface area contributed by atoms with E-state index in [9.17, 15) is 22.8 Å². The Morgan fingerprint density at radius 2 is 1.80 bits per heavy atom. The average Bonchev–Trinajstić information content (AvgIpc) is 2.92. The Kier molecular flexibility index (Phi) is 4.67. The quantitative estimate of drug-likeness (QED) is 0.911. The van der Waals surface area contributed by atoms with Crippen molar-refractivity contribution in [1.29, 1.82) is 0 Å². The topological polar surface area (TPSA) is 65.3 Å². The number of hydrogen-bond acceptors (Lipinski definition) is 4. The van der Waals surface area contributed by atoms with Gasteiger partial charge in [-0.2, -0.15) is 13.2 Å². The number of rotatable bonds is 3. The molecule has 1 N–H and O–H groups in total. The lowest BCUT2D eigenvalue weighted by Crippen LogP contribution is -2.40. The van der Waals surface area contributed by atoms with E-state index in [1.807, 2.05) is 0 Å². The van der Waals surface area contributed by atoms with Crippen LogP contribution in [-0.4, -0.2) is 34.5 Å². The van der Waals surface area contributed by atoms with Crippen LogP contribution < -0.4 is 15.8 Å². The highest BCUT2D eigenvalue weighted by Crippen LogP contribution is 2.23. The fraction of sp³-hybridized carbons (Fsp3) is 0.375. The highest BCUT2D eigenvalue weighted by Gasteiger charge is 2.43. The van der Waals surface area contributed by atoms with Crippen LogP contribution in [0.5, 0.6) is 0 Å². The standard InChI is InChI=1S/C16H16F3N3O3/c17-16(18,19)14(23)25-22-13(11-4-2-1-3-5-11)10-21(15(22)24)12-6-8-20-9-7-12/h1-5,10,12,20H,6-9H2. The highest BCUT2D eigenvalue weighted by molar-refractivity contribution is 5.76. The fourth-order valence-electron chi connectivity index (χ4n) is 2.82. The fourth-order valence-corrected chi connectivity index (χ4v) is 2.82. The lowest BCUT2D eigenvalue weighted by atomic mass is 10.1. The van der Waals surface area contributed by atoms with Gasteiger partial charge in [0.15, 0.2) is 0 Å². The van der Waals surface area contributed by atoms with E-state index >= 15 is 0 Å². The van der Waals surface area contributed by atoms with E-state index in [-0.39, 0.29) is 11.7 Å². The third-order valence-corrected chi connectivity index (χ3v) is 4.05. The van der Waals surface area contributed by atoms with Gasteiger partial charge in [0.1, 0.15) is 5.69 Å². The molecule has 2 heterocycles. The zero-order chi connectivity index (χ0) is 18.0. The van der Waals surface area contributed by atoms with Crippen molar-refractivity contribution in [2.24, 2.45) is 0 Å². The molecule has 25 heavy (non-hydrogen) atoms. The van der Waals surface area contributed by atoms with Crippen LogP contribution in [0.1, 0.15) is 18.9 Å².